The van der Waals surface area contributed by atoms with E-state index in [1.165, 1.54) is 6.92 Å². The number of hydrogen-bond donors (Lipinski definition) is 3. The summed E-state index contributed by atoms with van der Waals surface area (Å²) in [6.45, 7) is 0.503. The van der Waals surface area contributed by atoms with Crippen LogP contribution in [-0.4, -0.2) is 39.8 Å². The van der Waals surface area contributed by atoms with Crippen molar-refractivity contribution in [1.29, 1.82) is 0 Å². The molecule has 0 aromatic carbocycles. The average Bonchev–Trinajstić information content (AvgIpc) is 2.00. The van der Waals surface area contributed by atoms with Gasteiger partial charge in [0.1, 0.15) is 6.61 Å². The Kier molecular flexibility index (Phi) is 50.7. The van der Waals surface area contributed by atoms with Crippen LogP contribution in [0.15, 0.2) is 0 Å². The minimum Gasteiger partial charge on any atom is -0.479 e. The quantitative estimate of drug-likeness (QED) is 0.367. The minimum atomic E-state index is -1.73. The van der Waals surface area contributed by atoms with Crippen LogP contribution in [0, 0.1) is 5.92 Å². The van der Waals surface area contributed by atoms with Crippen molar-refractivity contribution < 1.29 is 188 Å². The molecule has 10 heteroatoms. The summed E-state index contributed by atoms with van der Waals surface area (Å²) in [5.41, 5.74) is 0. The van der Waals surface area contributed by atoms with Crippen LogP contribution in [0.1, 0.15) is 6.92 Å². The fourth-order valence-electron chi connectivity index (χ4n) is 0.534. The Labute approximate surface area is 220 Å². The predicted octanol–water partition coefficient (Wildman–Crippen LogP) is -1.38. The zero-order valence-electron chi connectivity index (χ0n) is 8.91. The second-order valence-electron chi connectivity index (χ2n) is 2.20. The van der Waals surface area contributed by atoms with Gasteiger partial charge in [-0.2, -0.15) is 0 Å². The second-order valence-corrected chi connectivity index (χ2v) is 2.20. The van der Waals surface area contributed by atoms with E-state index < -0.39 is 30.4 Å². The maximum atomic E-state index is 10.6. The first-order valence-electron chi connectivity index (χ1n) is 3.05. The molecule has 5 radical (unpaired) electrons. The van der Waals surface area contributed by atoms with E-state index in [9.17, 15) is 9.59 Å². The van der Waals surface area contributed by atoms with Crippen LogP contribution in [0.4, 0.5) is 0 Å². The van der Waals surface area contributed by atoms with E-state index in [2.05, 4.69) is 0 Å². The number of carbonyl (C=O) groups is 2. The minimum absolute atomic E-state index is 0. The van der Waals surface area contributed by atoms with Crippen molar-refractivity contribution in [3.05, 3.63) is 0 Å². The third-order valence-corrected chi connectivity index (χ3v) is 1.39. The van der Waals surface area contributed by atoms with Gasteiger partial charge in [0.15, 0.2) is 11.9 Å². The summed E-state index contributed by atoms with van der Waals surface area (Å²) in [6.07, 6.45) is -1.73. The molecular formula is C6H10O5Y5. The number of aliphatic hydroxyl groups is 2. The largest absolute Gasteiger partial charge is 0.479 e. The van der Waals surface area contributed by atoms with Crippen molar-refractivity contribution in [2.45, 2.75) is 13.0 Å². The van der Waals surface area contributed by atoms with Gasteiger partial charge in [0, 0.05) is 164 Å². The number of rotatable bonds is 4. The zero-order chi connectivity index (χ0) is 9.02. The van der Waals surface area contributed by atoms with E-state index in [1.807, 2.05) is 0 Å². The van der Waals surface area contributed by atoms with Crippen LogP contribution in [0.2, 0.25) is 0 Å². The van der Waals surface area contributed by atoms with E-state index in [1.54, 1.807) is 0 Å². The molecule has 2 unspecified atom stereocenters. The molecule has 79 valence electrons. The fourth-order valence-corrected chi connectivity index (χ4v) is 0.534. The summed E-state index contributed by atoms with van der Waals surface area (Å²) in [4.78, 5) is 20.7. The molecule has 3 N–H and O–H groups in total. The van der Waals surface area contributed by atoms with Crippen LogP contribution < -0.4 is 0 Å². The molecule has 16 heavy (non-hydrogen) atoms. The summed E-state index contributed by atoms with van der Waals surface area (Å²) >= 11 is 0. The number of aliphatic carboxylic acids is 1. The zero-order valence-corrected chi connectivity index (χ0v) is 23.1. The summed E-state index contributed by atoms with van der Waals surface area (Å²) < 4.78 is 0. The first-order chi connectivity index (χ1) is 5.00. The Hall–Kier alpha value is 4.58. The number of ketones is 1. The van der Waals surface area contributed by atoms with Crippen LogP contribution in [0.5, 0.6) is 0 Å². The van der Waals surface area contributed by atoms with E-state index >= 15 is 0 Å². The van der Waals surface area contributed by atoms with Crippen molar-refractivity contribution >= 4 is 11.8 Å². The maximum Gasteiger partial charge on any atom is 0.333 e. The number of carboxylic acid groups (broad SMARTS) is 1. The molecule has 0 spiro atoms. The fraction of sp³-hybridized carbons (Fsp3) is 0.667. The molecule has 0 aliphatic carbocycles. The molecule has 0 rings (SSSR count). The van der Waals surface area contributed by atoms with Gasteiger partial charge in [-0.05, 0) is 0 Å². The molecule has 0 amide bonds. The molecule has 0 aliphatic rings. The standard InChI is InChI=1S/C6H10O5.5Y/c1-3(4(8)2-7)5(9)6(10)11;;;;;/h3,5,7,9H,2H2,1H3,(H,10,11);;;;;. The monoisotopic (exact) mass is 607 g/mol. The predicted molar refractivity (Wildman–Crippen MR) is 34.9 cm³/mol. The molecule has 0 saturated carbocycles. The first kappa shape index (κ1) is 37.1. The molecular weight excluding hydrogens is 597 g/mol. The Bertz CT molecular complexity index is 179. The molecule has 0 aromatic rings. The summed E-state index contributed by atoms with van der Waals surface area (Å²) in [7, 11) is 0. The molecule has 0 saturated heterocycles. The van der Waals surface area contributed by atoms with Gasteiger partial charge in [-0.3, -0.25) is 4.79 Å². The Balaban J connectivity index is -0.0000000500. The topological polar surface area (TPSA) is 94.8 Å². The van der Waals surface area contributed by atoms with Crippen LogP contribution >= 0.6 is 0 Å². The molecule has 0 fully saturated rings. The van der Waals surface area contributed by atoms with Crippen LogP contribution in [-0.2, 0) is 173 Å². The van der Waals surface area contributed by atoms with E-state index in [4.69, 9.17) is 15.3 Å². The molecule has 0 aliphatic heterocycles. The maximum absolute atomic E-state index is 10.6. The first-order valence-corrected chi connectivity index (χ1v) is 3.05. The van der Waals surface area contributed by atoms with Crippen molar-refractivity contribution in [3.63, 3.8) is 0 Å². The Morgan fingerprint density at radius 1 is 1.06 bits per heavy atom. The summed E-state index contributed by atoms with van der Waals surface area (Å²) in [6, 6.07) is 0. The number of hydrogen-bond acceptors (Lipinski definition) is 4. The molecule has 0 heterocycles. The number of carbonyl (C=O) groups excluding carboxylic acids is 1. The molecule has 5 nitrogen and oxygen atoms in total. The molecule has 2 atom stereocenters. The van der Waals surface area contributed by atoms with Gasteiger partial charge in [-0.1, -0.05) is 6.92 Å². The average molecular weight is 607 g/mol. The SMILES string of the molecule is CC(C(=O)CO)C(O)C(=O)O.[Y].[Y].[Y].[Y].[Y]. The van der Waals surface area contributed by atoms with Gasteiger partial charge < -0.3 is 15.3 Å². The Morgan fingerprint density at radius 3 is 1.56 bits per heavy atom. The smallest absolute Gasteiger partial charge is 0.333 e. The van der Waals surface area contributed by atoms with Gasteiger partial charge >= 0.3 is 5.97 Å². The van der Waals surface area contributed by atoms with Crippen molar-refractivity contribution in [2.24, 2.45) is 5.92 Å². The summed E-state index contributed by atoms with van der Waals surface area (Å²) in [5.74, 6) is -3.20. The van der Waals surface area contributed by atoms with Crippen LogP contribution in [0.25, 0.3) is 0 Å². The number of aliphatic hydroxyl groups excluding tert-OH is 2. The number of Topliss-reactive ketones (excluding diaryl/α,β-unsaturated/α-hetero) is 1. The van der Waals surface area contributed by atoms with Crippen LogP contribution in [0.3, 0.4) is 0 Å². The van der Waals surface area contributed by atoms with Crippen molar-refractivity contribution in [2.75, 3.05) is 6.61 Å². The van der Waals surface area contributed by atoms with Gasteiger partial charge in [0.25, 0.3) is 0 Å². The van der Waals surface area contributed by atoms with E-state index in [0.29, 0.717) is 0 Å². The molecule has 0 aromatic heterocycles. The van der Waals surface area contributed by atoms with Crippen molar-refractivity contribution in [3.8, 4) is 0 Å². The summed E-state index contributed by atoms with van der Waals surface area (Å²) in [5, 5.41) is 25.3. The number of carboxylic acids is 1. The van der Waals surface area contributed by atoms with Crippen molar-refractivity contribution in [1.82, 2.24) is 0 Å². The van der Waals surface area contributed by atoms with E-state index in [0.717, 1.165) is 0 Å². The third-order valence-electron chi connectivity index (χ3n) is 1.39. The normalized spacial score (nSPS) is 10.7. The van der Waals surface area contributed by atoms with Gasteiger partial charge in [-0.15, -0.1) is 0 Å². The van der Waals surface area contributed by atoms with Gasteiger partial charge in [-0.25, -0.2) is 4.79 Å². The third kappa shape index (κ3) is 16.6. The molecule has 0 bridgehead atoms. The van der Waals surface area contributed by atoms with Gasteiger partial charge in [0.2, 0.25) is 0 Å². The Morgan fingerprint density at radius 2 is 1.38 bits per heavy atom. The van der Waals surface area contributed by atoms with E-state index in [-0.39, 0.29) is 164 Å². The second kappa shape index (κ2) is 21.9. The van der Waals surface area contributed by atoms with Gasteiger partial charge in [0.05, 0.1) is 5.92 Å².